The van der Waals surface area contributed by atoms with Crippen LogP contribution in [0.4, 0.5) is 11.4 Å². The first kappa shape index (κ1) is 32.3. The summed E-state index contributed by atoms with van der Waals surface area (Å²) in [5, 5.41) is 7.57. The van der Waals surface area contributed by atoms with Crippen LogP contribution in [0.25, 0.3) is 22.3 Å². The van der Waals surface area contributed by atoms with Crippen molar-refractivity contribution in [1.82, 2.24) is 0 Å². The zero-order chi connectivity index (χ0) is 34.0. The summed E-state index contributed by atoms with van der Waals surface area (Å²) < 4.78 is 0. The molecule has 0 radical (unpaired) electrons. The van der Waals surface area contributed by atoms with Gasteiger partial charge in [0.05, 0.1) is 6.04 Å². The molecule has 2 heterocycles. The molecule has 5 aromatic rings. The van der Waals surface area contributed by atoms with Gasteiger partial charge in [-0.05, 0) is 90.6 Å². The van der Waals surface area contributed by atoms with Gasteiger partial charge in [-0.1, -0.05) is 138 Å². The molecule has 5 aromatic carbocycles. The summed E-state index contributed by atoms with van der Waals surface area (Å²) in [6.45, 7) is 6.52. The van der Waals surface area contributed by atoms with Crippen LogP contribution in [0.2, 0.25) is 0 Å². The summed E-state index contributed by atoms with van der Waals surface area (Å²) in [5.74, 6) is 1.25. The van der Waals surface area contributed by atoms with Crippen LogP contribution in [-0.2, 0) is 5.75 Å². The van der Waals surface area contributed by atoms with Gasteiger partial charge in [0, 0.05) is 49.0 Å². The minimum atomic E-state index is 0.116. The van der Waals surface area contributed by atoms with Gasteiger partial charge in [0.1, 0.15) is 0 Å². The van der Waals surface area contributed by atoms with Gasteiger partial charge in [-0.15, -0.1) is 11.8 Å². The molecule has 0 saturated heterocycles. The van der Waals surface area contributed by atoms with Gasteiger partial charge in [-0.2, -0.15) is 0 Å². The van der Waals surface area contributed by atoms with E-state index < -0.39 is 0 Å². The first-order chi connectivity index (χ1) is 24.5. The third-order valence-corrected chi connectivity index (χ3v) is 12.1. The molecule has 0 fully saturated rings. The number of hydrogen-bond acceptors (Lipinski definition) is 4. The minimum Gasteiger partial charge on any atom is -0.376 e. The normalized spacial score (nSPS) is 18.1. The molecule has 50 heavy (non-hydrogen) atoms. The van der Waals surface area contributed by atoms with Crippen LogP contribution in [0.15, 0.2) is 183 Å². The summed E-state index contributed by atoms with van der Waals surface area (Å²) in [5.41, 5.74) is 15.3. The number of fused-ring (bicyclic) bond motifs is 7. The van der Waals surface area contributed by atoms with Crippen LogP contribution < -0.4 is 10.6 Å². The molecule has 2 atom stereocenters. The molecule has 2 aliphatic heterocycles. The van der Waals surface area contributed by atoms with E-state index in [1.807, 2.05) is 23.5 Å². The summed E-state index contributed by atoms with van der Waals surface area (Å²) in [4.78, 5) is 4.12. The van der Waals surface area contributed by atoms with Crippen LogP contribution in [-0.4, -0.2) is 6.04 Å². The van der Waals surface area contributed by atoms with Gasteiger partial charge < -0.3 is 10.6 Å². The Morgan fingerprint density at radius 3 is 2.34 bits per heavy atom. The van der Waals surface area contributed by atoms with Crippen molar-refractivity contribution in [2.24, 2.45) is 0 Å². The Balaban J connectivity index is 1.16. The number of aryl methyl sites for hydroxylation is 1. The molecule has 4 heteroatoms. The van der Waals surface area contributed by atoms with Gasteiger partial charge in [-0.25, -0.2) is 0 Å². The Bertz CT molecular complexity index is 2220. The molecule has 3 aliphatic rings. The van der Waals surface area contributed by atoms with Gasteiger partial charge in [-0.3, -0.25) is 0 Å². The fraction of sp³-hybridized carbons (Fsp3) is 0.130. The van der Waals surface area contributed by atoms with Crippen LogP contribution in [0.5, 0.6) is 0 Å². The van der Waals surface area contributed by atoms with Crippen molar-refractivity contribution < 1.29 is 0 Å². The van der Waals surface area contributed by atoms with E-state index in [0.29, 0.717) is 0 Å². The third kappa shape index (κ3) is 6.54. The summed E-state index contributed by atoms with van der Waals surface area (Å²) in [6, 6.07) is 41.9. The molecule has 0 amide bonds. The van der Waals surface area contributed by atoms with E-state index in [4.69, 9.17) is 0 Å². The Labute approximate surface area is 304 Å². The van der Waals surface area contributed by atoms with Crippen LogP contribution in [0.3, 0.4) is 0 Å². The molecule has 1 aliphatic carbocycles. The van der Waals surface area contributed by atoms with E-state index in [0.717, 1.165) is 22.8 Å². The lowest BCUT2D eigenvalue weighted by Gasteiger charge is -2.41. The SMILES string of the molecule is CC1=CC(/C=C/C=C\C=C(/C)Nc2ccc(C)cc2)=C2Sc3cc4c(cc3C1C2Nc1ccccc1-c1ccccc1)SCc1ccccc1-4. The molecule has 8 rings (SSSR count). The molecule has 0 saturated carbocycles. The van der Waals surface area contributed by atoms with E-state index in [-0.39, 0.29) is 12.0 Å². The summed E-state index contributed by atoms with van der Waals surface area (Å²) >= 11 is 3.91. The maximum absolute atomic E-state index is 4.09. The average molecular weight is 685 g/mol. The number of allylic oxidation sites excluding steroid dienone is 8. The number of nitrogens with one attached hydrogen (secondary N) is 2. The topological polar surface area (TPSA) is 24.1 Å². The molecule has 2 N–H and O–H groups in total. The summed E-state index contributed by atoms with van der Waals surface area (Å²) in [6.07, 6.45) is 13.2. The monoisotopic (exact) mass is 684 g/mol. The molecule has 246 valence electrons. The lowest BCUT2D eigenvalue weighted by atomic mass is 9.78. The van der Waals surface area contributed by atoms with Gasteiger partial charge in [0.15, 0.2) is 0 Å². The van der Waals surface area contributed by atoms with E-state index in [9.17, 15) is 0 Å². The van der Waals surface area contributed by atoms with Crippen molar-refractivity contribution in [2.45, 2.75) is 48.3 Å². The van der Waals surface area contributed by atoms with E-state index in [2.05, 4.69) is 183 Å². The number of thioether (sulfide) groups is 2. The average Bonchev–Trinajstić information content (AvgIpc) is 3.14. The van der Waals surface area contributed by atoms with Crippen molar-refractivity contribution in [1.29, 1.82) is 0 Å². The van der Waals surface area contributed by atoms with Crippen LogP contribution in [0, 0.1) is 6.92 Å². The molecular weight excluding hydrogens is 645 g/mol. The number of benzene rings is 5. The zero-order valence-corrected chi connectivity index (χ0v) is 30.2. The highest BCUT2D eigenvalue weighted by atomic mass is 32.2. The highest BCUT2D eigenvalue weighted by Gasteiger charge is 2.40. The first-order valence-corrected chi connectivity index (χ1v) is 19.1. The predicted molar refractivity (Wildman–Crippen MR) is 217 cm³/mol. The second kappa shape index (κ2) is 14.1. The van der Waals surface area contributed by atoms with Gasteiger partial charge >= 0.3 is 0 Å². The lowest BCUT2D eigenvalue weighted by Crippen LogP contribution is -2.35. The Morgan fingerprint density at radius 2 is 1.50 bits per heavy atom. The van der Waals surface area contributed by atoms with Crippen LogP contribution in [0.1, 0.15) is 36.5 Å². The van der Waals surface area contributed by atoms with Crippen molar-refractivity contribution in [3.8, 4) is 22.3 Å². The fourth-order valence-corrected chi connectivity index (χ4v) is 9.60. The van der Waals surface area contributed by atoms with Crippen molar-refractivity contribution >= 4 is 34.9 Å². The minimum absolute atomic E-state index is 0.116. The Morgan fingerprint density at radius 1 is 0.740 bits per heavy atom. The van der Waals surface area contributed by atoms with Crippen molar-refractivity contribution in [3.05, 3.63) is 190 Å². The third-order valence-electron chi connectivity index (χ3n) is 9.69. The van der Waals surface area contributed by atoms with Crippen molar-refractivity contribution in [2.75, 3.05) is 10.6 Å². The Hall–Kier alpha value is -4.90. The first-order valence-electron chi connectivity index (χ1n) is 17.3. The van der Waals surface area contributed by atoms with E-state index in [1.165, 1.54) is 64.8 Å². The lowest BCUT2D eigenvalue weighted by molar-refractivity contribution is 0.681. The predicted octanol–water partition coefficient (Wildman–Crippen LogP) is 12.9. The largest absolute Gasteiger partial charge is 0.376 e. The number of hydrogen-bond donors (Lipinski definition) is 2. The molecule has 0 spiro atoms. The molecule has 2 bridgehead atoms. The second-order valence-corrected chi connectivity index (χ2v) is 15.3. The van der Waals surface area contributed by atoms with Gasteiger partial charge in [0.2, 0.25) is 0 Å². The molecule has 2 unspecified atom stereocenters. The quantitative estimate of drug-likeness (QED) is 0.159. The molecular formula is C46H40N2S2. The summed E-state index contributed by atoms with van der Waals surface area (Å²) in [7, 11) is 0. The Kier molecular flexibility index (Phi) is 9.14. The number of para-hydroxylation sites is 1. The smallest absolute Gasteiger partial charge is 0.0688 e. The standard InChI is InChI=1S/C46H40N2S2/c1-30-22-24-36(25-23-30)47-32(3)14-6-4-9-17-34-26-31(2)44-40-28-42-39(37-19-11-10-18-35(37)29-49-42)27-43(40)50-46(34)45(44)48-41-21-13-12-20-38(41)33-15-7-5-8-16-33/h4-28,44-45,47-48H,29H2,1-3H3/b6-4-,17-9+,32-14+. The maximum atomic E-state index is 4.09. The number of rotatable bonds is 8. The van der Waals surface area contributed by atoms with Gasteiger partial charge in [0.25, 0.3) is 0 Å². The van der Waals surface area contributed by atoms with E-state index >= 15 is 0 Å². The highest BCUT2D eigenvalue weighted by Crippen LogP contribution is 2.56. The number of anilines is 2. The highest BCUT2D eigenvalue weighted by molar-refractivity contribution is 8.03. The zero-order valence-electron chi connectivity index (χ0n) is 28.6. The molecule has 0 aromatic heterocycles. The fourth-order valence-electron chi connectivity index (χ4n) is 7.22. The second-order valence-electron chi connectivity index (χ2n) is 13.2. The van der Waals surface area contributed by atoms with Crippen molar-refractivity contribution in [3.63, 3.8) is 0 Å². The van der Waals surface area contributed by atoms with E-state index in [1.54, 1.807) is 0 Å². The maximum Gasteiger partial charge on any atom is 0.0688 e. The molecule has 2 nitrogen and oxygen atoms in total. The van der Waals surface area contributed by atoms with Crippen LogP contribution >= 0.6 is 23.5 Å².